The van der Waals surface area contributed by atoms with E-state index in [0.29, 0.717) is 17.8 Å². The van der Waals surface area contributed by atoms with E-state index in [1.165, 1.54) is 35.5 Å². The first-order valence-corrected chi connectivity index (χ1v) is 5.68. The summed E-state index contributed by atoms with van der Waals surface area (Å²) in [6, 6.07) is 7.57. The summed E-state index contributed by atoms with van der Waals surface area (Å²) in [5, 5.41) is 0. The Morgan fingerprint density at radius 1 is 0.947 bits per heavy atom. The molecule has 2 aromatic carbocycles. The van der Waals surface area contributed by atoms with Crippen LogP contribution in [0.2, 0.25) is 0 Å². The summed E-state index contributed by atoms with van der Waals surface area (Å²) in [5.74, 6) is -1.68. The van der Waals surface area contributed by atoms with E-state index in [2.05, 4.69) is 4.99 Å². The van der Waals surface area contributed by atoms with Crippen molar-refractivity contribution < 1.29 is 13.2 Å². The highest BCUT2D eigenvalue weighted by Gasteiger charge is 2.17. The molecule has 0 aliphatic carbocycles. The molecule has 0 saturated heterocycles. The topological polar surface area (TPSA) is 15.6 Å². The smallest absolute Gasteiger partial charge is 0.149 e. The molecule has 0 aromatic heterocycles. The van der Waals surface area contributed by atoms with Gasteiger partial charge in [0.2, 0.25) is 0 Å². The Bertz CT molecular complexity index is 668. The third-order valence-electron chi connectivity index (χ3n) is 2.94. The molecular weight excluding hydrogens is 253 g/mol. The molecule has 0 saturated carbocycles. The lowest BCUT2D eigenvalue weighted by molar-refractivity contribution is 0.582. The number of benzene rings is 2. The van der Waals surface area contributed by atoms with E-state index in [0.717, 1.165) is 6.07 Å². The molecule has 2 aromatic rings. The maximum Gasteiger partial charge on any atom is 0.149 e. The van der Waals surface area contributed by atoms with Gasteiger partial charge in [-0.2, -0.15) is 0 Å². The molecular formula is C14H9F3N2. The molecule has 96 valence electrons. The molecule has 0 bridgehead atoms. The number of anilines is 1. The maximum atomic E-state index is 13.7. The zero-order valence-electron chi connectivity index (χ0n) is 9.78. The van der Waals surface area contributed by atoms with E-state index >= 15 is 0 Å². The van der Waals surface area contributed by atoms with Crippen LogP contribution in [0.1, 0.15) is 5.56 Å². The van der Waals surface area contributed by atoms with E-state index in [1.54, 1.807) is 6.07 Å². The molecule has 0 fully saturated rings. The summed E-state index contributed by atoms with van der Waals surface area (Å²) < 4.78 is 39.7. The number of rotatable bonds is 1. The van der Waals surface area contributed by atoms with Gasteiger partial charge in [0.15, 0.2) is 0 Å². The number of hydrogen-bond acceptors (Lipinski definition) is 2. The normalized spacial score (nSPS) is 13.5. The predicted octanol–water partition coefficient (Wildman–Crippen LogP) is 3.78. The summed E-state index contributed by atoms with van der Waals surface area (Å²) in [6.07, 6.45) is 1.45. The van der Waals surface area contributed by atoms with Crippen LogP contribution in [0.25, 0.3) is 0 Å². The van der Waals surface area contributed by atoms with Gasteiger partial charge < -0.3 is 4.90 Å². The van der Waals surface area contributed by atoms with Gasteiger partial charge in [0.1, 0.15) is 17.5 Å². The van der Waals surface area contributed by atoms with Crippen molar-refractivity contribution in [2.45, 2.75) is 6.54 Å². The fourth-order valence-corrected chi connectivity index (χ4v) is 2.02. The van der Waals surface area contributed by atoms with Crippen LogP contribution in [0.5, 0.6) is 0 Å². The van der Waals surface area contributed by atoms with Gasteiger partial charge in [-0.1, -0.05) is 0 Å². The summed E-state index contributed by atoms with van der Waals surface area (Å²) in [4.78, 5) is 5.64. The average molecular weight is 262 g/mol. The van der Waals surface area contributed by atoms with E-state index in [-0.39, 0.29) is 11.5 Å². The van der Waals surface area contributed by atoms with Crippen molar-refractivity contribution >= 4 is 17.7 Å². The number of hydrogen-bond donors (Lipinski definition) is 0. The highest BCUT2D eigenvalue weighted by Crippen LogP contribution is 2.29. The number of nitrogens with zero attached hydrogens (tertiary/aromatic N) is 2. The molecule has 1 aliphatic rings. The van der Waals surface area contributed by atoms with Crippen LogP contribution in [-0.2, 0) is 6.54 Å². The molecule has 0 amide bonds. The standard InChI is InChI=1S/C14H9F3N2/c15-10-1-3-13-9(5-10)7-19(8-18-13)14-4-2-11(16)6-12(14)17/h1-6,8H,7H2. The molecule has 0 N–H and O–H groups in total. The zero-order chi connectivity index (χ0) is 13.4. The number of fused-ring (bicyclic) bond motifs is 1. The van der Waals surface area contributed by atoms with Crippen molar-refractivity contribution in [2.75, 3.05) is 4.90 Å². The van der Waals surface area contributed by atoms with Gasteiger partial charge in [-0.05, 0) is 30.3 Å². The van der Waals surface area contributed by atoms with Crippen LogP contribution in [0, 0.1) is 17.5 Å². The molecule has 5 heteroatoms. The van der Waals surface area contributed by atoms with Crippen LogP contribution in [0.4, 0.5) is 24.5 Å². The summed E-state index contributed by atoms with van der Waals surface area (Å²) in [6.45, 7) is 0.291. The second kappa shape index (κ2) is 4.42. The van der Waals surface area contributed by atoms with Crippen LogP contribution in [-0.4, -0.2) is 6.34 Å². The second-order valence-corrected chi connectivity index (χ2v) is 4.24. The van der Waals surface area contributed by atoms with Crippen molar-refractivity contribution in [1.82, 2.24) is 0 Å². The van der Waals surface area contributed by atoms with E-state index in [1.807, 2.05) is 0 Å². The Morgan fingerprint density at radius 3 is 2.47 bits per heavy atom. The highest BCUT2D eigenvalue weighted by atomic mass is 19.1. The van der Waals surface area contributed by atoms with Crippen molar-refractivity contribution in [2.24, 2.45) is 4.99 Å². The van der Waals surface area contributed by atoms with Gasteiger partial charge in [-0.15, -0.1) is 0 Å². The monoisotopic (exact) mass is 262 g/mol. The quantitative estimate of drug-likeness (QED) is 0.763. The minimum atomic E-state index is -0.675. The first kappa shape index (κ1) is 11.8. The van der Waals surface area contributed by atoms with Crippen LogP contribution < -0.4 is 4.90 Å². The first-order valence-electron chi connectivity index (χ1n) is 5.68. The van der Waals surface area contributed by atoms with Crippen molar-refractivity contribution in [1.29, 1.82) is 0 Å². The van der Waals surface area contributed by atoms with Gasteiger partial charge >= 0.3 is 0 Å². The van der Waals surface area contributed by atoms with Gasteiger partial charge in [0.05, 0.1) is 24.3 Å². The molecule has 0 spiro atoms. The van der Waals surface area contributed by atoms with Gasteiger partial charge in [0.25, 0.3) is 0 Å². The Balaban J connectivity index is 1.97. The molecule has 0 atom stereocenters. The fraction of sp³-hybridized carbons (Fsp3) is 0.0714. The Hall–Kier alpha value is -2.30. The largest absolute Gasteiger partial charge is 0.325 e. The zero-order valence-corrected chi connectivity index (χ0v) is 9.78. The van der Waals surface area contributed by atoms with E-state index < -0.39 is 11.6 Å². The maximum absolute atomic E-state index is 13.7. The predicted molar refractivity (Wildman–Crippen MR) is 67.1 cm³/mol. The second-order valence-electron chi connectivity index (χ2n) is 4.24. The molecule has 0 unspecified atom stereocenters. The van der Waals surface area contributed by atoms with Crippen LogP contribution in [0.15, 0.2) is 41.4 Å². The van der Waals surface area contributed by atoms with Crippen molar-refractivity contribution in [3.63, 3.8) is 0 Å². The molecule has 0 radical (unpaired) electrons. The summed E-state index contributed by atoms with van der Waals surface area (Å²) in [5.41, 5.74) is 1.52. The molecule has 1 aliphatic heterocycles. The van der Waals surface area contributed by atoms with Crippen molar-refractivity contribution in [3.05, 3.63) is 59.4 Å². The lowest BCUT2D eigenvalue weighted by atomic mass is 10.1. The van der Waals surface area contributed by atoms with Crippen LogP contribution >= 0.6 is 0 Å². The van der Waals surface area contributed by atoms with Gasteiger partial charge in [-0.3, -0.25) is 0 Å². The lowest BCUT2D eigenvalue weighted by Crippen LogP contribution is -2.24. The van der Waals surface area contributed by atoms with Crippen LogP contribution in [0.3, 0.4) is 0 Å². The van der Waals surface area contributed by atoms with Crippen molar-refractivity contribution in [3.8, 4) is 0 Å². The summed E-state index contributed by atoms with van der Waals surface area (Å²) in [7, 11) is 0. The third-order valence-corrected chi connectivity index (χ3v) is 2.94. The lowest BCUT2D eigenvalue weighted by Gasteiger charge is -2.24. The SMILES string of the molecule is Fc1ccc(N2C=Nc3ccc(F)cc3C2)c(F)c1. The average Bonchev–Trinajstić information content (AvgIpc) is 2.38. The van der Waals surface area contributed by atoms with E-state index in [4.69, 9.17) is 0 Å². The third kappa shape index (κ3) is 2.19. The molecule has 19 heavy (non-hydrogen) atoms. The Labute approximate surface area is 107 Å². The first-order chi connectivity index (χ1) is 9.13. The number of aliphatic imine (C=N–C) groups is 1. The summed E-state index contributed by atoms with van der Waals surface area (Å²) >= 11 is 0. The Morgan fingerprint density at radius 2 is 1.68 bits per heavy atom. The van der Waals surface area contributed by atoms with E-state index in [9.17, 15) is 13.2 Å². The minimum Gasteiger partial charge on any atom is -0.325 e. The molecule has 2 nitrogen and oxygen atoms in total. The fourth-order valence-electron chi connectivity index (χ4n) is 2.02. The molecule has 1 heterocycles. The highest BCUT2D eigenvalue weighted by molar-refractivity contribution is 5.84. The van der Waals surface area contributed by atoms with Gasteiger partial charge in [-0.25, -0.2) is 18.2 Å². The molecule has 3 rings (SSSR count). The Kier molecular flexibility index (Phi) is 2.74. The number of halogens is 3. The minimum absolute atomic E-state index is 0.208. The van der Waals surface area contributed by atoms with Gasteiger partial charge in [0, 0.05) is 11.6 Å².